The van der Waals surface area contributed by atoms with Crippen molar-refractivity contribution in [3.63, 3.8) is 0 Å². The van der Waals surface area contributed by atoms with Gasteiger partial charge in [0.2, 0.25) is 0 Å². The Morgan fingerprint density at radius 3 is 2.29 bits per heavy atom. The summed E-state index contributed by atoms with van der Waals surface area (Å²) < 4.78 is 78.6. The van der Waals surface area contributed by atoms with Crippen LogP contribution >= 0.6 is 11.6 Å². The van der Waals surface area contributed by atoms with Gasteiger partial charge in [0.1, 0.15) is 12.4 Å². The van der Waals surface area contributed by atoms with E-state index in [1.807, 2.05) is 0 Å². The molecule has 0 radical (unpaired) electrons. The molecule has 0 amide bonds. The minimum atomic E-state index is -5.08. The predicted molar refractivity (Wildman–Crippen MR) is 98.7 cm³/mol. The zero-order valence-corrected chi connectivity index (χ0v) is 16.4. The molecule has 0 aliphatic carbocycles. The van der Waals surface area contributed by atoms with Crippen LogP contribution in [-0.2, 0) is 11.4 Å². The maximum atomic E-state index is 14.0. The van der Waals surface area contributed by atoms with E-state index >= 15 is 0 Å². The third-order valence-corrected chi connectivity index (χ3v) is 4.15. The van der Waals surface area contributed by atoms with Gasteiger partial charge in [-0.25, -0.2) is 18.0 Å². The lowest BCUT2D eigenvalue weighted by atomic mass is 10.2. The van der Waals surface area contributed by atoms with Gasteiger partial charge < -0.3 is 20.1 Å². The van der Waals surface area contributed by atoms with E-state index in [4.69, 9.17) is 26.2 Å². The fourth-order valence-electron chi connectivity index (χ4n) is 2.43. The van der Waals surface area contributed by atoms with Crippen LogP contribution in [0.25, 0.3) is 0 Å². The number of rotatable bonds is 4. The highest BCUT2D eigenvalue weighted by Gasteiger charge is 2.38. The summed E-state index contributed by atoms with van der Waals surface area (Å²) in [6.07, 6.45) is -5.08. The van der Waals surface area contributed by atoms with E-state index in [2.05, 4.69) is 10.3 Å². The molecule has 2 N–H and O–H groups in total. The molecule has 13 heteroatoms. The van der Waals surface area contributed by atoms with Crippen molar-refractivity contribution < 1.29 is 41.0 Å². The van der Waals surface area contributed by atoms with Crippen molar-refractivity contribution in [1.82, 2.24) is 10.3 Å². The summed E-state index contributed by atoms with van der Waals surface area (Å²) in [5.74, 6) is -5.33. The third kappa shape index (κ3) is 7.17. The number of pyridine rings is 1. The number of carbonyl (C=O) groups is 1. The first-order valence-electron chi connectivity index (χ1n) is 8.67. The number of carboxylic acids is 1. The number of piperazine rings is 1. The van der Waals surface area contributed by atoms with Crippen molar-refractivity contribution in [2.75, 3.05) is 31.1 Å². The highest BCUT2D eigenvalue weighted by molar-refractivity contribution is 6.30. The van der Waals surface area contributed by atoms with Crippen LogP contribution < -0.4 is 15.0 Å². The van der Waals surface area contributed by atoms with E-state index in [0.29, 0.717) is 26.2 Å². The van der Waals surface area contributed by atoms with Gasteiger partial charge in [-0.2, -0.15) is 18.2 Å². The van der Waals surface area contributed by atoms with Crippen LogP contribution in [0, 0.1) is 17.5 Å². The van der Waals surface area contributed by atoms with E-state index in [1.54, 1.807) is 4.90 Å². The first-order chi connectivity index (χ1) is 14.5. The molecule has 0 saturated carbocycles. The molecule has 1 aromatic carbocycles. The number of nitrogens with zero attached hydrogens (tertiary/aromatic N) is 2. The van der Waals surface area contributed by atoms with Crippen LogP contribution in [0.4, 0.5) is 32.2 Å². The van der Waals surface area contributed by atoms with Crippen LogP contribution in [0.1, 0.15) is 5.56 Å². The topological polar surface area (TPSA) is 74.7 Å². The lowest BCUT2D eigenvalue weighted by Gasteiger charge is -2.28. The number of carboxylic acid groups (broad SMARTS) is 1. The Labute approximate surface area is 177 Å². The molecule has 1 aliphatic heterocycles. The first-order valence-corrected chi connectivity index (χ1v) is 9.05. The van der Waals surface area contributed by atoms with E-state index in [1.165, 1.54) is 12.1 Å². The van der Waals surface area contributed by atoms with Gasteiger partial charge >= 0.3 is 12.1 Å². The van der Waals surface area contributed by atoms with E-state index in [-0.39, 0.29) is 28.9 Å². The summed E-state index contributed by atoms with van der Waals surface area (Å²) >= 11 is 5.68. The molecule has 2 aromatic rings. The van der Waals surface area contributed by atoms with E-state index < -0.39 is 29.6 Å². The van der Waals surface area contributed by atoms with Gasteiger partial charge in [0, 0.05) is 42.8 Å². The number of alkyl halides is 3. The fraction of sp³-hybridized carbons (Fsp3) is 0.333. The number of halogens is 7. The first kappa shape index (κ1) is 24.5. The van der Waals surface area contributed by atoms with Crippen LogP contribution in [0.2, 0.25) is 5.02 Å². The molecule has 3 rings (SSSR count). The minimum absolute atomic E-state index is 0.0319. The van der Waals surface area contributed by atoms with Crippen LogP contribution in [0.5, 0.6) is 5.88 Å². The number of hydrogen-bond donors (Lipinski definition) is 2. The van der Waals surface area contributed by atoms with E-state index in [0.717, 1.165) is 12.1 Å². The van der Waals surface area contributed by atoms with Gasteiger partial charge in [0.15, 0.2) is 17.5 Å². The van der Waals surface area contributed by atoms with Crippen LogP contribution in [-0.4, -0.2) is 48.4 Å². The second kappa shape index (κ2) is 10.5. The summed E-state index contributed by atoms with van der Waals surface area (Å²) in [6.45, 7) is 2.25. The van der Waals surface area contributed by atoms with Crippen molar-refractivity contribution >= 4 is 23.4 Å². The predicted octanol–water partition coefficient (Wildman–Crippen LogP) is 3.77. The van der Waals surface area contributed by atoms with Crippen LogP contribution in [0.15, 0.2) is 24.3 Å². The number of aliphatic carboxylic acids is 1. The van der Waals surface area contributed by atoms with Gasteiger partial charge in [-0.05, 0) is 12.1 Å². The van der Waals surface area contributed by atoms with Gasteiger partial charge in [-0.15, -0.1) is 0 Å². The molecule has 0 spiro atoms. The lowest BCUT2D eigenvalue weighted by molar-refractivity contribution is -0.192. The van der Waals surface area contributed by atoms with Crippen LogP contribution in [0.3, 0.4) is 0 Å². The number of anilines is 1. The Morgan fingerprint density at radius 2 is 1.74 bits per heavy atom. The maximum Gasteiger partial charge on any atom is 0.490 e. The number of benzene rings is 1. The SMILES string of the molecule is Fc1cc(Cl)ccc1COc1nc(N2CCNCC2)c(F)cc1F.O=C(O)C(F)(F)F. The normalized spacial score (nSPS) is 14.0. The smallest absolute Gasteiger partial charge is 0.475 e. The number of aromatic nitrogens is 1. The molecule has 0 bridgehead atoms. The lowest BCUT2D eigenvalue weighted by Crippen LogP contribution is -2.44. The Bertz CT molecular complexity index is 923. The largest absolute Gasteiger partial charge is 0.490 e. The molecular formula is C18H16ClF6N3O3. The van der Waals surface area contributed by atoms with Crippen molar-refractivity contribution in [1.29, 1.82) is 0 Å². The second-order valence-electron chi connectivity index (χ2n) is 6.15. The summed E-state index contributed by atoms with van der Waals surface area (Å²) in [7, 11) is 0. The summed E-state index contributed by atoms with van der Waals surface area (Å²) in [4.78, 5) is 14.5. The average Bonchev–Trinajstić information content (AvgIpc) is 2.69. The highest BCUT2D eigenvalue weighted by Crippen LogP contribution is 2.25. The van der Waals surface area contributed by atoms with Gasteiger partial charge in [0.05, 0.1) is 0 Å². The number of hydrogen-bond acceptors (Lipinski definition) is 5. The van der Waals surface area contributed by atoms with E-state index in [9.17, 15) is 26.3 Å². The van der Waals surface area contributed by atoms with Crippen molar-refractivity contribution in [2.45, 2.75) is 12.8 Å². The second-order valence-corrected chi connectivity index (χ2v) is 6.58. The molecule has 170 valence electrons. The minimum Gasteiger partial charge on any atom is -0.475 e. The molecule has 1 fully saturated rings. The number of ether oxygens (including phenoxy) is 1. The summed E-state index contributed by atoms with van der Waals surface area (Å²) in [6, 6.07) is 4.82. The zero-order valence-electron chi connectivity index (χ0n) is 15.6. The zero-order chi connectivity index (χ0) is 23.2. The highest BCUT2D eigenvalue weighted by atomic mass is 35.5. The maximum absolute atomic E-state index is 14.0. The molecule has 1 aliphatic rings. The molecule has 0 atom stereocenters. The molecular weight excluding hydrogens is 456 g/mol. The van der Waals surface area contributed by atoms with Crippen molar-refractivity contribution in [3.05, 3.63) is 52.3 Å². The fourth-order valence-corrected chi connectivity index (χ4v) is 2.58. The molecule has 6 nitrogen and oxygen atoms in total. The molecule has 0 unspecified atom stereocenters. The Morgan fingerprint density at radius 1 is 1.13 bits per heavy atom. The monoisotopic (exact) mass is 471 g/mol. The summed E-state index contributed by atoms with van der Waals surface area (Å²) in [5, 5.41) is 10.5. The van der Waals surface area contributed by atoms with Crippen molar-refractivity contribution in [3.8, 4) is 5.88 Å². The number of nitrogens with one attached hydrogen (secondary N) is 1. The molecule has 2 heterocycles. The summed E-state index contributed by atoms with van der Waals surface area (Å²) in [5.41, 5.74) is 0.202. The molecule has 31 heavy (non-hydrogen) atoms. The van der Waals surface area contributed by atoms with Gasteiger partial charge in [-0.3, -0.25) is 0 Å². The van der Waals surface area contributed by atoms with Crippen molar-refractivity contribution in [2.24, 2.45) is 0 Å². The quantitative estimate of drug-likeness (QED) is 0.661. The molecule has 1 saturated heterocycles. The Balaban J connectivity index is 0.000000423. The van der Waals surface area contributed by atoms with Gasteiger partial charge in [0.25, 0.3) is 5.88 Å². The standard InChI is InChI=1S/C16H15ClF3N3O.C2HF3O2/c17-11-2-1-10(12(18)7-11)9-24-16-14(20)8-13(19)15(22-16)23-5-3-21-4-6-23;3-2(4,5)1(6)7/h1-2,7-8,21H,3-6,9H2;(H,6,7). The Kier molecular flexibility index (Phi) is 8.34. The Hall–Kier alpha value is -2.73. The van der Waals surface area contributed by atoms with Gasteiger partial charge in [-0.1, -0.05) is 17.7 Å². The third-order valence-electron chi connectivity index (χ3n) is 3.92. The molecule has 1 aromatic heterocycles. The average molecular weight is 472 g/mol.